The minimum atomic E-state index is -1.48. The minimum absolute atomic E-state index is 0.0341. The fourth-order valence-electron chi connectivity index (χ4n) is 9.73. The summed E-state index contributed by atoms with van der Waals surface area (Å²) in [5.41, 5.74) is 2.24. The average Bonchev–Trinajstić information content (AvgIpc) is 3.57. The van der Waals surface area contributed by atoms with Crippen molar-refractivity contribution in [3.63, 3.8) is 0 Å². The van der Waals surface area contributed by atoms with E-state index in [4.69, 9.17) is 16.3 Å². The predicted octanol–water partition coefficient (Wildman–Crippen LogP) is 7.01. The lowest BCUT2D eigenvalue weighted by atomic mass is 9.49. The Kier molecular flexibility index (Phi) is 8.32. The largest absolute Gasteiger partial charge is 0.508 e. The maximum absolute atomic E-state index is 15.4. The van der Waals surface area contributed by atoms with E-state index in [1.165, 1.54) is 9.80 Å². The number of rotatable bonds is 5. The highest BCUT2D eigenvalue weighted by Crippen LogP contribution is 2.65. The van der Waals surface area contributed by atoms with Gasteiger partial charge < -0.3 is 14.7 Å². The number of amides is 4. The zero-order valence-electron chi connectivity index (χ0n) is 28.5. The predicted molar refractivity (Wildman–Crippen MR) is 204 cm³/mol. The molecule has 0 radical (unpaired) electrons. The summed E-state index contributed by atoms with van der Waals surface area (Å²) in [5.74, 6) is -5.16. The molecule has 3 aliphatic heterocycles. The Labute approximate surface area is 319 Å². The van der Waals surface area contributed by atoms with E-state index in [1.807, 2.05) is 60.7 Å². The Bertz CT molecular complexity index is 2210. The number of aromatic hydroxyl groups is 1. The highest BCUT2D eigenvalue weighted by atomic mass is 79.9. The van der Waals surface area contributed by atoms with Crippen LogP contribution in [0.3, 0.4) is 0 Å². The summed E-state index contributed by atoms with van der Waals surface area (Å²) in [6.07, 6.45) is 2.44. The highest BCUT2D eigenvalue weighted by Gasteiger charge is 2.70. The molecular weight excluding hydrogens is 758 g/mol. The lowest BCUT2D eigenvalue weighted by Crippen LogP contribution is -2.53. The van der Waals surface area contributed by atoms with E-state index in [-0.39, 0.29) is 30.4 Å². The van der Waals surface area contributed by atoms with Gasteiger partial charge in [-0.25, -0.2) is 4.90 Å². The van der Waals surface area contributed by atoms with Gasteiger partial charge >= 0.3 is 0 Å². The molecule has 4 aromatic carbocycles. The quantitative estimate of drug-likeness (QED) is 0.171. The number of benzene rings is 4. The summed E-state index contributed by atoms with van der Waals surface area (Å²) >= 11 is 10.00. The molecule has 9 rings (SSSR count). The number of ether oxygens (including phenoxy) is 1. The molecule has 0 spiro atoms. The molecule has 0 bridgehead atoms. The monoisotopic (exact) mass is 791 g/mol. The maximum atomic E-state index is 15.4. The molecule has 268 valence electrons. The second-order valence-corrected chi connectivity index (χ2v) is 15.8. The summed E-state index contributed by atoms with van der Waals surface area (Å²) in [4.78, 5) is 63.9. The van der Waals surface area contributed by atoms with E-state index in [0.29, 0.717) is 45.2 Å². The number of carbonyl (C=O) groups is 4. The Morgan fingerprint density at radius 1 is 0.755 bits per heavy atom. The van der Waals surface area contributed by atoms with Crippen LogP contribution in [0.25, 0.3) is 0 Å². The number of nitrogens with zero attached hydrogens (tertiary/aromatic N) is 3. The van der Waals surface area contributed by atoms with E-state index in [0.717, 1.165) is 24.4 Å². The first-order valence-corrected chi connectivity index (χ1v) is 19.1. The lowest BCUT2D eigenvalue weighted by molar-refractivity contribution is -0.127. The number of halogens is 2. The molecule has 1 saturated carbocycles. The van der Waals surface area contributed by atoms with Crippen molar-refractivity contribution >= 4 is 68.2 Å². The third-order valence-corrected chi connectivity index (χ3v) is 12.7. The van der Waals surface area contributed by atoms with Gasteiger partial charge in [0.25, 0.3) is 0 Å². The van der Waals surface area contributed by atoms with Crippen LogP contribution in [0.15, 0.2) is 113 Å². The van der Waals surface area contributed by atoms with Crippen LogP contribution in [-0.4, -0.2) is 55.0 Å². The van der Waals surface area contributed by atoms with Gasteiger partial charge in [-0.05, 0) is 85.0 Å². The molecule has 0 aromatic heterocycles. The van der Waals surface area contributed by atoms with Crippen molar-refractivity contribution in [1.82, 2.24) is 0 Å². The molecule has 3 saturated heterocycles. The number of hydrogen-bond donors (Lipinski definition) is 1. The normalized spacial score (nSPS) is 28.2. The van der Waals surface area contributed by atoms with E-state index in [2.05, 4.69) is 20.8 Å². The number of carbonyl (C=O) groups excluding carboxylic acids is 4. The van der Waals surface area contributed by atoms with Crippen LogP contribution in [0, 0.1) is 23.7 Å². The topological polar surface area (TPSA) is 107 Å². The smallest absolute Gasteiger partial charge is 0.246 e. The van der Waals surface area contributed by atoms with Crippen molar-refractivity contribution in [2.75, 3.05) is 41.0 Å². The van der Waals surface area contributed by atoms with Crippen LogP contribution in [0.4, 0.5) is 17.1 Å². The number of imide groups is 2. The van der Waals surface area contributed by atoms with Gasteiger partial charge in [0.05, 0.1) is 47.8 Å². The first-order valence-electron chi connectivity index (χ1n) is 17.9. The number of phenols is 1. The fraction of sp³-hybridized carbons (Fsp3) is 0.286. The third kappa shape index (κ3) is 5.13. The summed E-state index contributed by atoms with van der Waals surface area (Å²) in [7, 11) is 0. The molecule has 53 heavy (non-hydrogen) atoms. The van der Waals surface area contributed by atoms with Crippen LogP contribution in [0.1, 0.15) is 29.9 Å². The standard InChI is InChI=1S/C42H35BrClN3O6/c43-25-9-16-35(48)33(21-25)37-30-14-15-31-36(40(51)46(38(31)49)28-12-10-27(11-13-28)45-17-19-53-20-18-45)32(30)23-34-39(50)47(29-8-4-7-26(44)22-29)41(52)42(34,37)24-5-2-1-3-6-24/h1-14,16,21-22,31-32,34,36-37,48H,15,17-20,23H2. The van der Waals surface area contributed by atoms with Gasteiger partial charge in [0.2, 0.25) is 23.6 Å². The van der Waals surface area contributed by atoms with Gasteiger partial charge in [0.1, 0.15) is 5.75 Å². The molecule has 6 atom stereocenters. The van der Waals surface area contributed by atoms with Crippen LogP contribution in [-0.2, 0) is 29.3 Å². The Hall–Kier alpha value is -4.77. The van der Waals surface area contributed by atoms with Crippen molar-refractivity contribution in [2.45, 2.75) is 24.2 Å². The Balaban J connectivity index is 1.19. The van der Waals surface area contributed by atoms with E-state index in [9.17, 15) is 19.5 Å². The lowest BCUT2D eigenvalue weighted by Gasteiger charge is -2.50. The van der Waals surface area contributed by atoms with Gasteiger partial charge in [-0.2, -0.15) is 0 Å². The van der Waals surface area contributed by atoms with Gasteiger partial charge in [-0.1, -0.05) is 75.6 Å². The third-order valence-electron chi connectivity index (χ3n) is 12.0. The van der Waals surface area contributed by atoms with Crippen LogP contribution < -0.4 is 14.7 Å². The first kappa shape index (κ1) is 34.0. The highest BCUT2D eigenvalue weighted by molar-refractivity contribution is 9.10. The van der Waals surface area contributed by atoms with E-state index < -0.39 is 46.8 Å². The van der Waals surface area contributed by atoms with Crippen LogP contribution in [0.2, 0.25) is 5.02 Å². The molecular formula is C42H35BrClN3O6. The van der Waals surface area contributed by atoms with Crippen molar-refractivity contribution in [1.29, 1.82) is 0 Å². The zero-order chi connectivity index (χ0) is 36.6. The van der Waals surface area contributed by atoms with E-state index >= 15 is 4.79 Å². The molecule has 5 aliphatic rings. The molecule has 4 aromatic rings. The Morgan fingerprint density at radius 3 is 2.23 bits per heavy atom. The van der Waals surface area contributed by atoms with Gasteiger partial charge in [0, 0.05) is 39.8 Å². The van der Waals surface area contributed by atoms with Gasteiger partial charge in [-0.3, -0.25) is 24.1 Å². The number of morpholine rings is 1. The van der Waals surface area contributed by atoms with Crippen molar-refractivity contribution in [3.8, 4) is 5.75 Å². The molecule has 4 fully saturated rings. The van der Waals surface area contributed by atoms with Crippen molar-refractivity contribution in [2.24, 2.45) is 23.7 Å². The summed E-state index contributed by atoms with van der Waals surface area (Å²) < 4.78 is 6.18. The van der Waals surface area contributed by atoms with E-state index in [1.54, 1.807) is 42.5 Å². The average molecular weight is 793 g/mol. The second-order valence-electron chi connectivity index (χ2n) is 14.4. The summed E-state index contributed by atoms with van der Waals surface area (Å²) in [6, 6.07) is 28.5. The van der Waals surface area contributed by atoms with Crippen molar-refractivity contribution in [3.05, 3.63) is 129 Å². The molecule has 6 unspecified atom stereocenters. The SMILES string of the molecule is O=C1C2CC=C3C(CC4C(=O)N(c5cccc(Cl)c5)C(=O)C4(c4ccccc4)C3c3cc(Br)ccc3O)C2C(=O)N1c1ccc(N2CCOCC2)cc1. The number of phenolic OH excluding ortho intramolecular Hbond substituents is 1. The van der Waals surface area contributed by atoms with Crippen LogP contribution >= 0.6 is 27.5 Å². The zero-order valence-corrected chi connectivity index (χ0v) is 30.9. The molecule has 9 nitrogen and oxygen atoms in total. The van der Waals surface area contributed by atoms with Crippen LogP contribution in [0.5, 0.6) is 5.75 Å². The van der Waals surface area contributed by atoms with Gasteiger partial charge in [0.15, 0.2) is 0 Å². The molecule has 1 N–H and O–H groups in total. The Morgan fingerprint density at radius 2 is 1.49 bits per heavy atom. The summed E-state index contributed by atoms with van der Waals surface area (Å²) in [6.45, 7) is 2.80. The molecule has 2 aliphatic carbocycles. The minimum Gasteiger partial charge on any atom is -0.508 e. The second kappa shape index (κ2) is 13.0. The summed E-state index contributed by atoms with van der Waals surface area (Å²) in [5, 5.41) is 12.0. The number of hydrogen-bond acceptors (Lipinski definition) is 7. The van der Waals surface area contributed by atoms with Crippen molar-refractivity contribution < 1.29 is 29.0 Å². The fourth-order valence-corrected chi connectivity index (χ4v) is 10.3. The molecule has 4 amide bonds. The first-order chi connectivity index (χ1) is 25.7. The molecule has 11 heteroatoms. The number of allylic oxidation sites excluding steroid dienone is 2. The maximum Gasteiger partial charge on any atom is 0.246 e. The number of fused-ring (bicyclic) bond motifs is 4. The van der Waals surface area contributed by atoms with Gasteiger partial charge in [-0.15, -0.1) is 0 Å². The number of anilines is 3. The molecule has 3 heterocycles.